The SMILES string of the molecule is O=S(=O)(NCCN1CC=CC1)c1ccc(Cl)cc1. The predicted molar refractivity (Wildman–Crippen MR) is 72.2 cm³/mol. The summed E-state index contributed by atoms with van der Waals surface area (Å²) in [4.78, 5) is 2.40. The first-order valence-corrected chi connectivity index (χ1v) is 7.57. The van der Waals surface area contributed by atoms with E-state index in [-0.39, 0.29) is 4.90 Å². The Bertz CT molecular complexity index is 518. The van der Waals surface area contributed by atoms with E-state index < -0.39 is 10.0 Å². The van der Waals surface area contributed by atoms with Gasteiger partial charge in [-0.1, -0.05) is 23.8 Å². The van der Waals surface area contributed by atoms with Gasteiger partial charge in [0.2, 0.25) is 10.0 Å². The summed E-state index contributed by atoms with van der Waals surface area (Å²) < 4.78 is 26.4. The smallest absolute Gasteiger partial charge is 0.240 e. The third-order valence-electron chi connectivity index (χ3n) is 2.74. The second kappa shape index (κ2) is 5.84. The van der Waals surface area contributed by atoms with Gasteiger partial charge in [-0.2, -0.15) is 0 Å². The van der Waals surface area contributed by atoms with Crippen molar-refractivity contribution in [2.24, 2.45) is 0 Å². The maximum atomic E-state index is 11.9. The molecule has 0 bridgehead atoms. The first-order chi connectivity index (χ1) is 8.58. The fourth-order valence-electron chi connectivity index (χ4n) is 1.74. The van der Waals surface area contributed by atoms with E-state index in [4.69, 9.17) is 11.6 Å². The molecule has 0 radical (unpaired) electrons. The summed E-state index contributed by atoms with van der Waals surface area (Å²) in [5.41, 5.74) is 0. The quantitative estimate of drug-likeness (QED) is 0.835. The van der Waals surface area contributed by atoms with Crippen molar-refractivity contribution in [1.82, 2.24) is 9.62 Å². The van der Waals surface area contributed by atoms with Crippen LogP contribution in [0.25, 0.3) is 0 Å². The first-order valence-electron chi connectivity index (χ1n) is 5.70. The lowest BCUT2D eigenvalue weighted by atomic mass is 10.4. The Hall–Kier alpha value is -0.880. The second-order valence-electron chi connectivity index (χ2n) is 4.08. The minimum absolute atomic E-state index is 0.242. The van der Waals surface area contributed by atoms with Crippen molar-refractivity contribution in [2.75, 3.05) is 26.2 Å². The summed E-state index contributed by atoms with van der Waals surface area (Å²) >= 11 is 5.72. The Balaban J connectivity index is 1.89. The van der Waals surface area contributed by atoms with E-state index >= 15 is 0 Å². The van der Waals surface area contributed by atoms with E-state index in [1.54, 1.807) is 12.1 Å². The molecule has 1 heterocycles. The topological polar surface area (TPSA) is 49.4 Å². The average Bonchev–Trinajstić information content (AvgIpc) is 2.82. The van der Waals surface area contributed by atoms with Crippen molar-refractivity contribution in [1.29, 1.82) is 0 Å². The zero-order valence-corrected chi connectivity index (χ0v) is 11.4. The van der Waals surface area contributed by atoms with E-state index in [1.165, 1.54) is 12.1 Å². The standard InChI is InChI=1S/C12H15ClN2O2S/c13-11-3-5-12(6-4-11)18(16,17)14-7-10-15-8-1-2-9-15/h1-6,14H,7-10H2. The molecule has 1 aromatic rings. The molecule has 0 aromatic heterocycles. The molecule has 1 aliphatic heterocycles. The summed E-state index contributed by atoms with van der Waals surface area (Å²) in [6, 6.07) is 6.14. The summed E-state index contributed by atoms with van der Waals surface area (Å²) in [7, 11) is -3.42. The number of halogens is 1. The summed E-state index contributed by atoms with van der Waals surface area (Å²) in [5, 5.41) is 0.525. The molecule has 0 saturated carbocycles. The summed E-state index contributed by atoms with van der Waals surface area (Å²) in [5.74, 6) is 0. The molecule has 2 rings (SSSR count). The predicted octanol–water partition coefficient (Wildman–Crippen LogP) is 1.49. The highest BCUT2D eigenvalue weighted by molar-refractivity contribution is 7.89. The molecule has 0 fully saturated rings. The Labute approximate surface area is 112 Å². The van der Waals surface area contributed by atoms with Crippen LogP contribution in [-0.2, 0) is 10.0 Å². The highest BCUT2D eigenvalue weighted by Crippen LogP contribution is 2.13. The highest BCUT2D eigenvalue weighted by atomic mass is 35.5. The number of hydrogen-bond acceptors (Lipinski definition) is 3. The van der Waals surface area contributed by atoms with E-state index in [2.05, 4.69) is 21.8 Å². The van der Waals surface area contributed by atoms with Crippen molar-refractivity contribution in [3.8, 4) is 0 Å². The molecule has 0 atom stereocenters. The number of nitrogens with zero attached hydrogens (tertiary/aromatic N) is 1. The molecule has 0 spiro atoms. The van der Waals surface area contributed by atoms with Crippen LogP contribution in [0.15, 0.2) is 41.3 Å². The van der Waals surface area contributed by atoms with Gasteiger partial charge >= 0.3 is 0 Å². The van der Waals surface area contributed by atoms with Crippen molar-refractivity contribution < 1.29 is 8.42 Å². The van der Waals surface area contributed by atoms with E-state index in [1.807, 2.05) is 0 Å². The molecular weight excluding hydrogens is 272 g/mol. The van der Waals surface area contributed by atoms with Crippen LogP contribution in [0.1, 0.15) is 0 Å². The molecule has 1 N–H and O–H groups in total. The van der Waals surface area contributed by atoms with Gasteiger partial charge in [0.05, 0.1) is 4.90 Å². The van der Waals surface area contributed by atoms with E-state index in [0.29, 0.717) is 18.1 Å². The van der Waals surface area contributed by atoms with E-state index in [0.717, 1.165) is 13.1 Å². The lowest BCUT2D eigenvalue weighted by molar-refractivity contribution is 0.357. The third kappa shape index (κ3) is 3.55. The Morgan fingerprint density at radius 2 is 1.78 bits per heavy atom. The molecule has 0 unspecified atom stereocenters. The van der Waals surface area contributed by atoms with Gasteiger partial charge in [-0.3, -0.25) is 4.90 Å². The maximum Gasteiger partial charge on any atom is 0.240 e. The van der Waals surface area contributed by atoms with Crippen molar-refractivity contribution >= 4 is 21.6 Å². The van der Waals surface area contributed by atoms with Gasteiger partial charge in [0.25, 0.3) is 0 Å². The maximum absolute atomic E-state index is 11.9. The highest BCUT2D eigenvalue weighted by Gasteiger charge is 2.14. The Morgan fingerprint density at radius 3 is 2.39 bits per heavy atom. The molecule has 18 heavy (non-hydrogen) atoms. The van der Waals surface area contributed by atoms with Gasteiger partial charge in [-0.15, -0.1) is 0 Å². The molecule has 0 amide bonds. The number of hydrogen-bond donors (Lipinski definition) is 1. The fourth-order valence-corrected chi connectivity index (χ4v) is 2.89. The van der Waals surface area contributed by atoms with Crippen LogP contribution in [0.4, 0.5) is 0 Å². The zero-order valence-electron chi connectivity index (χ0n) is 9.84. The summed E-state index contributed by atoms with van der Waals surface area (Å²) in [6.07, 6.45) is 4.15. The van der Waals surface area contributed by atoms with E-state index in [9.17, 15) is 8.42 Å². The molecule has 6 heteroatoms. The minimum Gasteiger partial charge on any atom is -0.295 e. The third-order valence-corrected chi connectivity index (χ3v) is 4.47. The lowest BCUT2D eigenvalue weighted by Gasteiger charge is -2.14. The monoisotopic (exact) mass is 286 g/mol. The van der Waals surface area contributed by atoms with Crippen LogP contribution >= 0.6 is 11.6 Å². The first kappa shape index (κ1) is 13.5. The number of nitrogens with one attached hydrogen (secondary N) is 1. The molecule has 1 aromatic carbocycles. The number of sulfonamides is 1. The fraction of sp³-hybridized carbons (Fsp3) is 0.333. The van der Waals surface area contributed by atoms with Gasteiger partial charge in [-0.25, -0.2) is 13.1 Å². The average molecular weight is 287 g/mol. The van der Waals surface area contributed by atoms with Gasteiger partial charge in [0.15, 0.2) is 0 Å². The summed E-state index contributed by atoms with van der Waals surface area (Å²) in [6.45, 7) is 2.90. The molecule has 0 saturated heterocycles. The van der Waals surface area contributed by atoms with Gasteiger partial charge in [-0.05, 0) is 24.3 Å². The van der Waals surface area contributed by atoms with Crippen LogP contribution in [0.3, 0.4) is 0 Å². The Kier molecular flexibility index (Phi) is 4.40. The van der Waals surface area contributed by atoms with Gasteiger partial charge in [0, 0.05) is 31.2 Å². The van der Waals surface area contributed by atoms with Crippen LogP contribution in [0, 0.1) is 0 Å². The minimum atomic E-state index is -3.42. The van der Waals surface area contributed by atoms with Crippen LogP contribution in [-0.4, -0.2) is 39.5 Å². The normalized spacial score (nSPS) is 16.3. The lowest BCUT2D eigenvalue weighted by Crippen LogP contribution is -2.33. The molecule has 0 aliphatic carbocycles. The molecular formula is C12H15ClN2O2S. The van der Waals surface area contributed by atoms with Crippen LogP contribution in [0.2, 0.25) is 5.02 Å². The largest absolute Gasteiger partial charge is 0.295 e. The van der Waals surface area contributed by atoms with Crippen molar-refractivity contribution in [3.63, 3.8) is 0 Å². The van der Waals surface area contributed by atoms with Gasteiger partial charge < -0.3 is 0 Å². The number of benzene rings is 1. The van der Waals surface area contributed by atoms with Crippen LogP contribution < -0.4 is 4.72 Å². The molecule has 1 aliphatic rings. The Morgan fingerprint density at radius 1 is 1.17 bits per heavy atom. The van der Waals surface area contributed by atoms with Crippen molar-refractivity contribution in [3.05, 3.63) is 41.4 Å². The van der Waals surface area contributed by atoms with Crippen molar-refractivity contribution in [2.45, 2.75) is 4.90 Å². The van der Waals surface area contributed by atoms with Crippen LogP contribution in [0.5, 0.6) is 0 Å². The number of rotatable bonds is 5. The zero-order chi connectivity index (χ0) is 13.0. The molecule has 4 nitrogen and oxygen atoms in total. The molecule has 98 valence electrons. The second-order valence-corrected chi connectivity index (χ2v) is 6.29. The van der Waals surface area contributed by atoms with Gasteiger partial charge in [0.1, 0.15) is 0 Å².